The first-order chi connectivity index (χ1) is 8.77. The molecule has 1 aliphatic carbocycles. The van der Waals surface area contributed by atoms with Gasteiger partial charge in [0.15, 0.2) is 0 Å². The first-order valence-corrected chi connectivity index (χ1v) is 6.97. The van der Waals surface area contributed by atoms with Gasteiger partial charge in [-0.25, -0.2) is 0 Å². The van der Waals surface area contributed by atoms with Crippen molar-refractivity contribution in [1.29, 1.82) is 0 Å². The van der Waals surface area contributed by atoms with E-state index in [0.717, 1.165) is 19.4 Å². The summed E-state index contributed by atoms with van der Waals surface area (Å²) in [5, 5.41) is 2.94. The van der Waals surface area contributed by atoms with Gasteiger partial charge in [-0.15, -0.1) is 0 Å². The molecule has 1 aliphatic rings. The van der Waals surface area contributed by atoms with Crippen molar-refractivity contribution in [2.24, 2.45) is 5.73 Å². The number of ether oxygens (including phenoxy) is 1. The number of amides is 1. The molecule has 5 nitrogen and oxygen atoms in total. The van der Waals surface area contributed by atoms with Gasteiger partial charge in [0.1, 0.15) is 0 Å². The first kappa shape index (κ1) is 15.4. The van der Waals surface area contributed by atoms with E-state index in [1.54, 1.807) is 7.11 Å². The Bertz CT molecular complexity index is 232. The summed E-state index contributed by atoms with van der Waals surface area (Å²) in [5.74, 6) is 0.120. The van der Waals surface area contributed by atoms with Crippen LogP contribution in [0.4, 0.5) is 0 Å². The van der Waals surface area contributed by atoms with Gasteiger partial charge in [-0.3, -0.25) is 9.69 Å². The number of nitrogens with one attached hydrogen (secondary N) is 1. The molecule has 0 aromatic rings. The summed E-state index contributed by atoms with van der Waals surface area (Å²) >= 11 is 0. The lowest BCUT2D eigenvalue weighted by molar-refractivity contribution is -0.123. The van der Waals surface area contributed by atoms with Gasteiger partial charge in [0, 0.05) is 32.8 Å². The van der Waals surface area contributed by atoms with E-state index in [2.05, 4.69) is 10.2 Å². The lowest BCUT2D eigenvalue weighted by Gasteiger charge is -2.37. The molecular formula is C13H27N3O2. The smallest absolute Gasteiger partial charge is 0.234 e. The summed E-state index contributed by atoms with van der Waals surface area (Å²) in [5.41, 5.74) is 5.54. The monoisotopic (exact) mass is 257 g/mol. The predicted octanol–water partition coefficient (Wildman–Crippen LogP) is 0.342. The van der Waals surface area contributed by atoms with E-state index in [1.807, 2.05) is 0 Å². The van der Waals surface area contributed by atoms with Crippen molar-refractivity contribution in [3.8, 4) is 0 Å². The number of hydrogen-bond donors (Lipinski definition) is 2. The lowest BCUT2D eigenvalue weighted by Crippen LogP contribution is -2.46. The Hall–Kier alpha value is -0.650. The first-order valence-electron chi connectivity index (χ1n) is 6.97. The van der Waals surface area contributed by atoms with Gasteiger partial charge in [-0.1, -0.05) is 6.42 Å². The van der Waals surface area contributed by atoms with Gasteiger partial charge < -0.3 is 15.8 Å². The summed E-state index contributed by atoms with van der Waals surface area (Å²) in [6, 6.07) is 0.598. The van der Waals surface area contributed by atoms with Crippen LogP contribution in [0.25, 0.3) is 0 Å². The van der Waals surface area contributed by atoms with E-state index in [1.165, 1.54) is 19.3 Å². The largest absolute Gasteiger partial charge is 0.385 e. The van der Waals surface area contributed by atoms with E-state index < -0.39 is 0 Å². The maximum absolute atomic E-state index is 11.8. The molecule has 106 valence electrons. The van der Waals surface area contributed by atoms with E-state index >= 15 is 0 Å². The Kier molecular flexibility index (Phi) is 7.96. The SMILES string of the molecule is COCCCNC(=O)CN(CCCN)C1CCC1. The molecule has 1 fully saturated rings. The molecule has 0 aromatic carbocycles. The molecule has 0 radical (unpaired) electrons. The number of rotatable bonds is 10. The van der Waals surface area contributed by atoms with Crippen molar-refractivity contribution in [2.45, 2.75) is 38.1 Å². The molecular weight excluding hydrogens is 230 g/mol. The van der Waals surface area contributed by atoms with Crippen LogP contribution in [0, 0.1) is 0 Å². The zero-order valence-corrected chi connectivity index (χ0v) is 11.5. The van der Waals surface area contributed by atoms with Crippen molar-refractivity contribution in [3.63, 3.8) is 0 Å². The van der Waals surface area contributed by atoms with Crippen LogP contribution in [-0.2, 0) is 9.53 Å². The fraction of sp³-hybridized carbons (Fsp3) is 0.923. The van der Waals surface area contributed by atoms with Gasteiger partial charge in [0.05, 0.1) is 6.54 Å². The highest BCUT2D eigenvalue weighted by atomic mass is 16.5. The normalized spacial score (nSPS) is 15.7. The minimum atomic E-state index is 0.120. The van der Waals surface area contributed by atoms with Crippen LogP contribution < -0.4 is 11.1 Å². The van der Waals surface area contributed by atoms with Crippen LogP contribution in [0.2, 0.25) is 0 Å². The molecule has 0 aromatic heterocycles. The number of hydrogen-bond acceptors (Lipinski definition) is 4. The fourth-order valence-corrected chi connectivity index (χ4v) is 2.12. The quantitative estimate of drug-likeness (QED) is 0.554. The van der Waals surface area contributed by atoms with Crippen LogP contribution in [-0.4, -0.2) is 56.7 Å². The van der Waals surface area contributed by atoms with Crippen LogP contribution >= 0.6 is 0 Å². The molecule has 0 aliphatic heterocycles. The van der Waals surface area contributed by atoms with E-state index in [4.69, 9.17) is 10.5 Å². The molecule has 0 spiro atoms. The molecule has 1 saturated carbocycles. The topological polar surface area (TPSA) is 67.6 Å². The molecule has 0 saturated heterocycles. The van der Waals surface area contributed by atoms with Crippen LogP contribution in [0.15, 0.2) is 0 Å². The molecule has 3 N–H and O–H groups in total. The third-order valence-electron chi connectivity index (χ3n) is 3.43. The highest BCUT2D eigenvalue weighted by molar-refractivity contribution is 5.78. The zero-order valence-electron chi connectivity index (χ0n) is 11.5. The number of carbonyl (C=O) groups excluding carboxylic acids is 1. The van der Waals surface area contributed by atoms with Gasteiger partial charge in [-0.05, 0) is 32.2 Å². The molecule has 0 bridgehead atoms. The minimum absolute atomic E-state index is 0.120. The Morgan fingerprint density at radius 3 is 2.78 bits per heavy atom. The van der Waals surface area contributed by atoms with E-state index in [0.29, 0.717) is 32.3 Å². The number of nitrogens with zero attached hydrogens (tertiary/aromatic N) is 1. The fourth-order valence-electron chi connectivity index (χ4n) is 2.12. The Labute approximate surface area is 110 Å². The predicted molar refractivity (Wildman–Crippen MR) is 72.4 cm³/mol. The maximum Gasteiger partial charge on any atom is 0.234 e. The lowest BCUT2D eigenvalue weighted by atomic mass is 9.91. The van der Waals surface area contributed by atoms with Crippen LogP contribution in [0.3, 0.4) is 0 Å². The van der Waals surface area contributed by atoms with Gasteiger partial charge >= 0.3 is 0 Å². The van der Waals surface area contributed by atoms with Gasteiger partial charge in [0.25, 0.3) is 0 Å². The van der Waals surface area contributed by atoms with Crippen molar-refractivity contribution < 1.29 is 9.53 Å². The Balaban J connectivity index is 2.19. The standard InChI is InChI=1S/C13H27N3O2/c1-18-10-4-8-15-13(17)11-16(9-3-7-14)12-5-2-6-12/h12H,2-11,14H2,1H3,(H,15,17). The van der Waals surface area contributed by atoms with Gasteiger partial charge in [0.2, 0.25) is 5.91 Å². The minimum Gasteiger partial charge on any atom is -0.385 e. The summed E-state index contributed by atoms with van der Waals surface area (Å²) in [4.78, 5) is 14.1. The van der Waals surface area contributed by atoms with Crippen molar-refractivity contribution in [2.75, 3.05) is 39.9 Å². The number of carbonyl (C=O) groups is 1. The Morgan fingerprint density at radius 2 is 2.22 bits per heavy atom. The summed E-state index contributed by atoms with van der Waals surface area (Å²) in [6.45, 7) is 3.53. The summed E-state index contributed by atoms with van der Waals surface area (Å²) in [6.07, 6.45) is 5.57. The van der Waals surface area contributed by atoms with Gasteiger partial charge in [-0.2, -0.15) is 0 Å². The highest BCUT2D eigenvalue weighted by Gasteiger charge is 2.25. The van der Waals surface area contributed by atoms with Crippen LogP contribution in [0.1, 0.15) is 32.1 Å². The van der Waals surface area contributed by atoms with Crippen molar-refractivity contribution >= 4 is 5.91 Å². The molecule has 1 amide bonds. The average Bonchev–Trinajstić information content (AvgIpc) is 2.29. The number of methoxy groups -OCH3 is 1. The molecule has 18 heavy (non-hydrogen) atoms. The third-order valence-corrected chi connectivity index (χ3v) is 3.43. The average molecular weight is 257 g/mol. The molecule has 5 heteroatoms. The Morgan fingerprint density at radius 1 is 1.44 bits per heavy atom. The second-order valence-electron chi connectivity index (χ2n) is 4.89. The van der Waals surface area contributed by atoms with E-state index in [-0.39, 0.29) is 5.91 Å². The maximum atomic E-state index is 11.8. The second kappa shape index (κ2) is 9.30. The molecule has 0 heterocycles. The van der Waals surface area contributed by atoms with E-state index in [9.17, 15) is 4.79 Å². The molecule has 0 unspecified atom stereocenters. The zero-order chi connectivity index (χ0) is 13.2. The van der Waals surface area contributed by atoms with Crippen molar-refractivity contribution in [3.05, 3.63) is 0 Å². The highest BCUT2D eigenvalue weighted by Crippen LogP contribution is 2.24. The summed E-state index contributed by atoms with van der Waals surface area (Å²) < 4.78 is 4.95. The summed E-state index contributed by atoms with van der Waals surface area (Å²) in [7, 11) is 1.67. The molecule has 1 rings (SSSR count). The number of nitrogens with two attached hydrogens (primary N) is 1. The molecule has 0 atom stereocenters. The van der Waals surface area contributed by atoms with Crippen molar-refractivity contribution in [1.82, 2.24) is 10.2 Å². The second-order valence-corrected chi connectivity index (χ2v) is 4.89. The van der Waals surface area contributed by atoms with Crippen LogP contribution in [0.5, 0.6) is 0 Å². The third kappa shape index (κ3) is 5.80.